The van der Waals surface area contributed by atoms with Crippen LogP contribution in [0.4, 0.5) is 13.2 Å². The van der Waals surface area contributed by atoms with Crippen molar-refractivity contribution in [2.75, 3.05) is 0 Å². The van der Waals surface area contributed by atoms with Crippen molar-refractivity contribution in [3.05, 3.63) is 35.4 Å². The maximum absolute atomic E-state index is 12.2. The topological polar surface area (TPSA) is 26.0 Å². The summed E-state index contributed by atoms with van der Waals surface area (Å²) in [6.45, 7) is 6.16. The van der Waals surface area contributed by atoms with Crippen molar-refractivity contribution in [1.29, 1.82) is 0 Å². The molecular formula is C13H18F3N. The van der Waals surface area contributed by atoms with Crippen LogP contribution in [0.2, 0.25) is 0 Å². The zero-order chi connectivity index (χ0) is 13.3. The molecule has 0 bridgehead atoms. The molecule has 1 aromatic rings. The van der Waals surface area contributed by atoms with E-state index in [4.69, 9.17) is 5.73 Å². The molecule has 17 heavy (non-hydrogen) atoms. The highest BCUT2D eigenvalue weighted by Crippen LogP contribution is 2.29. The molecule has 2 N–H and O–H groups in total. The van der Waals surface area contributed by atoms with E-state index in [-0.39, 0.29) is 5.41 Å². The highest BCUT2D eigenvalue weighted by Gasteiger charge is 2.30. The van der Waals surface area contributed by atoms with E-state index >= 15 is 0 Å². The maximum Gasteiger partial charge on any atom is 0.390 e. The quantitative estimate of drug-likeness (QED) is 0.839. The van der Waals surface area contributed by atoms with Crippen LogP contribution in [0, 0.1) is 0 Å². The average molecular weight is 245 g/mol. The van der Waals surface area contributed by atoms with Crippen molar-refractivity contribution in [1.82, 2.24) is 0 Å². The normalized spacial score (nSPS) is 14.8. The van der Waals surface area contributed by atoms with E-state index in [9.17, 15) is 13.2 Å². The minimum Gasteiger partial charge on any atom is -0.324 e. The Bertz CT molecular complexity index is 360. The van der Waals surface area contributed by atoms with E-state index in [0.29, 0.717) is 5.56 Å². The summed E-state index contributed by atoms with van der Waals surface area (Å²) in [5.41, 5.74) is 7.12. The van der Waals surface area contributed by atoms with Gasteiger partial charge in [0.15, 0.2) is 0 Å². The number of halogens is 3. The molecule has 0 saturated heterocycles. The first-order valence-corrected chi connectivity index (χ1v) is 5.52. The molecule has 96 valence electrons. The highest BCUT2D eigenvalue weighted by molar-refractivity contribution is 5.29. The van der Waals surface area contributed by atoms with Gasteiger partial charge in [-0.3, -0.25) is 0 Å². The Kier molecular flexibility index (Phi) is 3.87. The van der Waals surface area contributed by atoms with Gasteiger partial charge in [-0.15, -0.1) is 0 Å². The zero-order valence-corrected chi connectivity index (χ0v) is 10.3. The van der Waals surface area contributed by atoms with Crippen LogP contribution < -0.4 is 5.73 Å². The van der Waals surface area contributed by atoms with Crippen molar-refractivity contribution in [3.8, 4) is 0 Å². The van der Waals surface area contributed by atoms with Gasteiger partial charge in [0.25, 0.3) is 0 Å². The Morgan fingerprint density at radius 3 is 1.88 bits per heavy atom. The minimum absolute atomic E-state index is 0.00729. The highest BCUT2D eigenvalue weighted by atomic mass is 19.4. The van der Waals surface area contributed by atoms with Crippen molar-refractivity contribution in [2.45, 2.75) is 44.8 Å². The van der Waals surface area contributed by atoms with Crippen LogP contribution in [-0.4, -0.2) is 6.18 Å². The van der Waals surface area contributed by atoms with Gasteiger partial charge in [-0.1, -0.05) is 45.0 Å². The van der Waals surface area contributed by atoms with E-state index in [1.54, 1.807) is 12.1 Å². The van der Waals surface area contributed by atoms with Gasteiger partial charge in [0.2, 0.25) is 0 Å². The molecule has 1 nitrogen and oxygen atoms in total. The summed E-state index contributed by atoms with van der Waals surface area (Å²) < 4.78 is 36.5. The van der Waals surface area contributed by atoms with Crippen LogP contribution in [0.5, 0.6) is 0 Å². The second kappa shape index (κ2) is 4.69. The molecule has 1 rings (SSSR count). The molecule has 0 fully saturated rings. The third kappa shape index (κ3) is 4.38. The molecule has 1 unspecified atom stereocenters. The molecule has 0 radical (unpaired) electrons. The van der Waals surface area contributed by atoms with Gasteiger partial charge < -0.3 is 5.73 Å². The summed E-state index contributed by atoms with van der Waals surface area (Å²) in [5, 5.41) is 0. The molecule has 0 aromatic heterocycles. The minimum atomic E-state index is -4.22. The van der Waals surface area contributed by atoms with E-state index in [1.807, 2.05) is 12.1 Å². The Balaban J connectivity index is 2.81. The van der Waals surface area contributed by atoms with Gasteiger partial charge in [0.05, 0.1) is 6.42 Å². The number of nitrogens with two attached hydrogens (primary N) is 1. The Hall–Kier alpha value is -1.03. The van der Waals surface area contributed by atoms with Gasteiger partial charge in [-0.2, -0.15) is 13.2 Å². The lowest BCUT2D eigenvalue weighted by molar-refractivity contribution is -0.138. The monoisotopic (exact) mass is 245 g/mol. The third-order valence-electron chi connectivity index (χ3n) is 2.66. The maximum atomic E-state index is 12.2. The molecule has 0 heterocycles. The van der Waals surface area contributed by atoms with Gasteiger partial charge in [0.1, 0.15) is 0 Å². The first-order valence-electron chi connectivity index (χ1n) is 5.52. The fourth-order valence-electron chi connectivity index (χ4n) is 1.60. The molecule has 1 aromatic carbocycles. The number of benzene rings is 1. The molecule has 0 aliphatic carbocycles. The Labute approximate surface area is 99.8 Å². The standard InChI is InChI=1S/C13H18F3N/c1-12(2,3)10-6-4-9(5-7-10)11(17)8-13(14,15)16/h4-7,11H,8,17H2,1-3H3. The fourth-order valence-corrected chi connectivity index (χ4v) is 1.60. The SMILES string of the molecule is CC(C)(C)c1ccc(C(N)CC(F)(F)F)cc1. The largest absolute Gasteiger partial charge is 0.390 e. The lowest BCUT2D eigenvalue weighted by Gasteiger charge is -2.20. The lowest BCUT2D eigenvalue weighted by atomic mass is 9.86. The summed E-state index contributed by atoms with van der Waals surface area (Å²) in [7, 11) is 0. The van der Waals surface area contributed by atoms with Crippen molar-refractivity contribution in [3.63, 3.8) is 0 Å². The van der Waals surface area contributed by atoms with Crippen LogP contribution in [0.15, 0.2) is 24.3 Å². The van der Waals surface area contributed by atoms with Gasteiger partial charge >= 0.3 is 6.18 Å². The summed E-state index contributed by atoms with van der Waals surface area (Å²) in [4.78, 5) is 0. The Morgan fingerprint density at radius 2 is 1.53 bits per heavy atom. The van der Waals surface area contributed by atoms with E-state index in [1.165, 1.54) is 0 Å². The van der Waals surface area contributed by atoms with Crippen LogP contribution in [0.1, 0.15) is 44.4 Å². The second-order valence-electron chi connectivity index (χ2n) is 5.30. The first-order chi connectivity index (χ1) is 7.59. The zero-order valence-electron chi connectivity index (χ0n) is 10.3. The molecule has 4 heteroatoms. The van der Waals surface area contributed by atoms with Crippen LogP contribution in [0.3, 0.4) is 0 Å². The average Bonchev–Trinajstić information content (AvgIpc) is 2.14. The summed E-state index contributed by atoms with van der Waals surface area (Å²) in [6.07, 6.45) is -5.20. The lowest BCUT2D eigenvalue weighted by Crippen LogP contribution is -2.20. The van der Waals surface area contributed by atoms with Crippen molar-refractivity contribution < 1.29 is 13.2 Å². The smallest absolute Gasteiger partial charge is 0.324 e. The molecule has 0 amide bonds. The summed E-state index contributed by atoms with van der Waals surface area (Å²) in [5.74, 6) is 0. The summed E-state index contributed by atoms with van der Waals surface area (Å²) in [6, 6.07) is 6.05. The number of hydrogen-bond donors (Lipinski definition) is 1. The predicted octanol–water partition coefficient (Wildman–Crippen LogP) is 3.94. The van der Waals surface area contributed by atoms with E-state index in [2.05, 4.69) is 20.8 Å². The molecule has 0 saturated carbocycles. The molecule has 0 aliphatic heterocycles. The molecule has 1 atom stereocenters. The predicted molar refractivity (Wildman–Crippen MR) is 62.7 cm³/mol. The van der Waals surface area contributed by atoms with Crippen LogP contribution >= 0.6 is 0 Å². The van der Waals surface area contributed by atoms with Gasteiger partial charge in [0, 0.05) is 6.04 Å². The molecule has 0 aliphatic rings. The van der Waals surface area contributed by atoms with Crippen LogP contribution in [0.25, 0.3) is 0 Å². The first kappa shape index (κ1) is 14.0. The molecular weight excluding hydrogens is 227 g/mol. The van der Waals surface area contributed by atoms with Crippen molar-refractivity contribution in [2.24, 2.45) is 5.73 Å². The fraction of sp³-hybridized carbons (Fsp3) is 0.538. The second-order valence-corrected chi connectivity index (χ2v) is 5.30. The van der Waals surface area contributed by atoms with Gasteiger partial charge in [-0.25, -0.2) is 0 Å². The Morgan fingerprint density at radius 1 is 1.06 bits per heavy atom. The van der Waals surface area contributed by atoms with Gasteiger partial charge in [-0.05, 0) is 16.5 Å². The molecule has 0 spiro atoms. The van der Waals surface area contributed by atoms with Crippen molar-refractivity contribution >= 4 is 0 Å². The number of hydrogen-bond acceptors (Lipinski definition) is 1. The summed E-state index contributed by atoms with van der Waals surface area (Å²) >= 11 is 0. The number of rotatable bonds is 2. The van der Waals surface area contributed by atoms with E-state index < -0.39 is 18.6 Å². The van der Waals surface area contributed by atoms with E-state index in [0.717, 1.165) is 5.56 Å². The third-order valence-corrected chi connectivity index (χ3v) is 2.66. The number of alkyl halides is 3. The van der Waals surface area contributed by atoms with Crippen LogP contribution in [-0.2, 0) is 5.41 Å².